The van der Waals surface area contributed by atoms with E-state index >= 15 is 0 Å². The molecule has 0 heterocycles. The summed E-state index contributed by atoms with van der Waals surface area (Å²) in [5.41, 5.74) is 1.11. The van der Waals surface area contributed by atoms with E-state index in [4.69, 9.17) is 4.74 Å². The molecule has 0 aliphatic rings. The highest BCUT2D eigenvalue weighted by molar-refractivity contribution is 9.10. The summed E-state index contributed by atoms with van der Waals surface area (Å²) in [5.74, 6) is 1.13. The smallest absolute Gasteiger partial charge is 0.149 e. The monoisotopic (exact) mass is 284 g/mol. The Morgan fingerprint density at radius 3 is 2.69 bits per heavy atom. The number of ether oxygens (including phenoxy) is 1. The Labute approximate surface area is 105 Å². The number of benzene rings is 1. The van der Waals surface area contributed by atoms with Gasteiger partial charge in [-0.1, -0.05) is 41.9 Å². The average Bonchev–Trinajstić information content (AvgIpc) is 2.28. The van der Waals surface area contributed by atoms with Crippen molar-refractivity contribution in [3.63, 3.8) is 0 Å². The first-order chi connectivity index (χ1) is 7.54. The van der Waals surface area contributed by atoms with Crippen molar-refractivity contribution >= 4 is 21.7 Å². The Morgan fingerprint density at radius 2 is 2.12 bits per heavy atom. The zero-order valence-corrected chi connectivity index (χ0v) is 11.5. The summed E-state index contributed by atoms with van der Waals surface area (Å²) >= 11 is 3.44. The molecule has 2 nitrogen and oxygen atoms in total. The van der Waals surface area contributed by atoms with Crippen molar-refractivity contribution < 1.29 is 9.53 Å². The molecular weight excluding hydrogens is 268 g/mol. The number of hydrogen-bond donors (Lipinski definition) is 0. The van der Waals surface area contributed by atoms with Gasteiger partial charge in [-0.25, -0.2) is 0 Å². The van der Waals surface area contributed by atoms with Crippen LogP contribution in [0.25, 0.3) is 0 Å². The van der Waals surface area contributed by atoms with Gasteiger partial charge in [0.25, 0.3) is 0 Å². The standard InChI is InChI=1S/C13H17BrO2/c1-9(2)13(15)12(14)8-10-5-4-6-11(7-10)16-3/h4-7,9,12H,8H2,1-3H3. The van der Waals surface area contributed by atoms with E-state index < -0.39 is 0 Å². The lowest BCUT2D eigenvalue weighted by molar-refractivity contribution is -0.121. The molecule has 1 aromatic carbocycles. The quantitative estimate of drug-likeness (QED) is 0.776. The van der Waals surface area contributed by atoms with Crippen LogP contribution in [0.5, 0.6) is 5.75 Å². The molecule has 0 aromatic heterocycles. The summed E-state index contributed by atoms with van der Waals surface area (Å²) in [6.07, 6.45) is 0.703. The molecule has 0 amide bonds. The van der Waals surface area contributed by atoms with Gasteiger partial charge in [-0.3, -0.25) is 4.79 Å². The molecule has 0 fully saturated rings. The first kappa shape index (κ1) is 13.2. The number of carbonyl (C=O) groups excluding carboxylic acids is 1. The minimum absolute atomic E-state index is 0.0648. The van der Waals surface area contributed by atoms with Crippen molar-refractivity contribution in [1.82, 2.24) is 0 Å². The SMILES string of the molecule is COc1cccc(CC(Br)C(=O)C(C)C)c1. The zero-order valence-electron chi connectivity index (χ0n) is 9.87. The van der Waals surface area contributed by atoms with Crippen molar-refractivity contribution in [2.24, 2.45) is 5.92 Å². The molecule has 0 radical (unpaired) electrons. The summed E-state index contributed by atoms with van der Waals surface area (Å²) in [5, 5.41) is 0. The van der Waals surface area contributed by atoms with Gasteiger partial charge in [0.1, 0.15) is 11.5 Å². The zero-order chi connectivity index (χ0) is 12.1. The van der Waals surface area contributed by atoms with Crippen LogP contribution in [0, 0.1) is 5.92 Å². The van der Waals surface area contributed by atoms with E-state index in [1.165, 1.54) is 0 Å². The number of Topliss-reactive ketones (excluding diaryl/α,β-unsaturated/α-hetero) is 1. The lowest BCUT2D eigenvalue weighted by atomic mass is 10.0. The molecule has 88 valence electrons. The number of carbonyl (C=O) groups is 1. The molecule has 3 heteroatoms. The van der Waals surface area contributed by atoms with Crippen LogP contribution in [0.3, 0.4) is 0 Å². The van der Waals surface area contributed by atoms with Crippen molar-refractivity contribution in [2.75, 3.05) is 7.11 Å². The molecular formula is C13H17BrO2. The summed E-state index contributed by atoms with van der Waals surface area (Å²) in [7, 11) is 1.64. The Kier molecular flexibility index (Phi) is 5.00. The second-order valence-corrected chi connectivity index (χ2v) is 5.19. The molecule has 0 saturated carbocycles. The highest BCUT2D eigenvalue weighted by atomic mass is 79.9. The third-order valence-corrected chi connectivity index (χ3v) is 3.20. The van der Waals surface area contributed by atoms with E-state index in [1.807, 2.05) is 38.1 Å². The van der Waals surface area contributed by atoms with E-state index in [2.05, 4.69) is 15.9 Å². The highest BCUT2D eigenvalue weighted by Crippen LogP contribution is 2.18. The second kappa shape index (κ2) is 6.04. The third-order valence-electron chi connectivity index (χ3n) is 2.43. The van der Waals surface area contributed by atoms with Gasteiger partial charge in [0.15, 0.2) is 0 Å². The minimum Gasteiger partial charge on any atom is -0.497 e. The summed E-state index contributed by atoms with van der Waals surface area (Å²) in [6.45, 7) is 3.84. The van der Waals surface area contributed by atoms with Gasteiger partial charge in [0.05, 0.1) is 11.9 Å². The highest BCUT2D eigenvalue weighted by Gasteiger charge is 2.18. The molecule has 0 bridgehead atoms. The Hall–Kier alpha value is -0.830. The molecule has 16 heavy (non-hydrogen) atoms. The molecule has 1 rings (SSSR count). The second-order valence-electron chi connectivity index (χ2n) is 4.08. The van der Waals surface area contributed by atoms with Crippen LogP contribution in [-0.2, 0) is 11.2 Å². The van der Waals surface area contributed by atoms with Crippen molar-refractivity contribution in [1.29, 1.82) is 0 Å². The first-order valence-electron chi connectivity index (χ1n) is 5.35. The van der Waals surface area contributed by atoms with Crippen LogP contribution in [0.4, 0.5) is 0 Å². The van der Waals surface area contributed by atoms with Crippen molar-refractivity contribution in [3.05, 3.63) is 29.8 Å². The van der Waals surface area contributed by atoms with Gasteiger partial charge in [-0.2, -0.15) is 0 Å². The van der Waals surface area contributed by atoms with Crippen LogP contribution in [0.2, 0.25) is 0 Å². The summed E-state index contributed by atoms with van der Waals surface area (Å²) in [4.78, 5) is 11.6. The van der Waals surface area contributed by atoms with E-state index in [9.17, 15) is 4.79 Å². The van der Waals surface area contributed by atoms with Gasteiger partial charge < -0.3 is 4.74 Å². The lowest BCUT2D eigenvalue weighted by Crippen LogP contribution is -2.21. The average molecular weight is 285 g/mol. The third kappa shape index (κ3) is 3.63. The predicted octanol–water partition coefficient (Wildman–Crippen LogP) is 3.23. The maximum atomic E-state index is 11.7. The topological polar surface area (TPSA) is 26.3 Å². The Bertz CT molecular complexity index is 361. The fourth-order valence-electron chi connectivity index (χ4n) is 1.47. The van der Waals surface area contributed by atoms with Crippen LogP contribution in [0.15, 0.2) is 24.3 Å². The van der Waals surface area contributed by atoms with Crippen molar-refractivity contribution in [2.45, 2.75) is 25.1 Å². The summed E-state index contributed by atoms with van der Waals surface area (Å²) in [6, 6.07) is 7.80. The Morgan fingerprint density at radius 1 is 1.44 bits per heavy atom. The van der Waals surface area contributed by atoms with E-state index in [0.29, 0.717) is 6.42 Å². The van der Waals surface area contributed by atoms with Crippen LogP contribution in [-0.4, -0.2) is 17.7 Å². The molecule has 1 unspecified atom stereocenters. The van der Waals surface area contributed by atoms with E-state index in [1.54, 1.807) is 7.11 Å². The first-order valence-corrected chi connectivity index (χ1v) is 6.27. The Balaban J connectivity index is 2.69. The number of methoxy groups -OCH3 is 1. The molecule has 1 aromatic rings. The molecule has 0 aliphatic heterocycles. The molecule has 0 saturated heterocycles. The van der Waals surface area contributed by atoms with Crippen LogP contribution < -0.4 is 4.74 Å². The summed E-state index contributed by atoms with van der Waals surface area (Å²) < 4.78 is 5.14. The van der Waals surface area contributed by atoms with Gasteiger partial charge >= 0.3 is 0 Å². The number of halogens is 1. The largest absolute Gasteiger partial charge is 0.497 e. The van der Waals surface area contributed by atoms with E-state index in [-0.39, 0.29) is 16.5 Å². The van der Waals surface area contributed by atoms with Crippen LogP contribution >= 0.6 is 15.9 Å². The van der Waals surface area contributed by atoms with Gasteiger partial charge in [0.2, 0.25) is 0 Å². The fourth-order valence-corrected chi connectivity index (χ4v) is 2.37. The normalized spacial score (nSPS) is 12.6. The van der Waals surface area contributed by atoms with Gasteiger partial charge in [-0.15, -0.1) is 0 Å². The number of alkyl halides is 1. The van der Waals surface area contributed by atoms with Crippen molar-refractivity contribution in [3.8, 4) is 5.75 Å². The molecule has 0 N–H and O–H groups in total. The predicted molar refractivity (Wildman–Crippen MR) is 69.3 cm³/mol. The van der Waals surface area contributed by atoms with Gasteiger partial charge in [-0.05, 0) is 24.1 Å². The van der Waals surface area contributed by atoms with E-state index in [0.717, 1.165) is 11.3 Å². The fraction of sp³-hybridized carbons (Fsp3) is 0.462. The maximum Gasteiger partial charge on any atom is 0.149 e. The molecule has 1 atom stereocenters. The minimum atomic E-state index is -0.111. The molecule has 0 aliphatic carbocycles. The number of hydrogen-bond acceptors (Lipinski definition) is 2. The number of ketones is 1. The number of rotatable bonds is 5. The van der Waals surface area contributed by atoms with Crippen LogP contribution in [0.1, 0.15) is 19.4 Å². The molecule has 0 spiro atoms. The van der Waals surface area contributed by atoms with Gasteiger partial charge in [0, 0.05) is 5.92 Å². The lowest BCUT2D eigenvalue weighted by Gasteiger charge is -2.12. The maximum absolute atomic E-state index is 11.7.